The number of benzene rings is 1. The number of nitrogens with zero attached hydrogens (tertiary/aromatic N) is 2. The Balaban J connectivity index is 2.53. The van der Waals surface area contributed by atoms with E-state index in [0.29, 0.717) is 10.8 Å². The van der Waals surface area contributed by atoms with E-state index in [4.69, 9.17) is 17.3 Å². The van der Waals surface area contributed by atoms with Crippen LogP contribution in [0.2, 0.25) is 5.02 Å². The topological polar surface area (TPSA) is 43.8 Å². The summed E-state index contributed by atoms with van der Waals surface area (Å²) in [5.41, 5.74) is 7.74. The number of aromatic nitrogens is 2. The van der Waals surface area contributed by atoms with Crippen LogP contribution < -0.4 is 5.73 Å². The first-order valence-electron chi connectivity index (χ1n) is 5.81. The third-order valence-corrected chi connectivity index (χ3v) is 3.70. The molecule has 0 unspecified atom stereocenters. The fourth-order valence-corrected chi connectivity index (χ4v) is 2.65. The largest absolute Gasteiger partial charge is 0.383 e. The molecule has 18 heavy (non-hydrogen) atoms. The Labute approximate surface area is 120 Å². The molecule has 0 fully saturated rings. The van der Waals surface area contributed by atoms with Crippen LogP contribution in [-0.2, 0) is 13.5 Å². The Morgan fingerprint density at radius 2 is 2.17 bits per heavy atom. The minimum Gasteiger partial charge on any atom is -0.383 e. The lowest BCUT2D eigenvalue weighted by molar-refractivity contribution is 0.764. The van der Waals surface area contributed by atoms with Gasteiger partial charge in [-0.15, -0.1) is 0 Å². The summed E-state index contributed by atoms with van der Waals surface area (Å²) in [7, 11) is 1.93. The molecule has 0 saturated carbocycles. The van der Waals surface area contributed by atoms with Crippen molar-refractivity contribution in [3.05, 3.63) is 33.5 Å². The summed E-state index contributed by atoms with van der Waals surface area (Å²) in [4.78, 5) is 4.60. The predicted molar refractivity (Wildman–Crippen MR) is 79.8 cm³/mol. The monoisotopic (exact) mass is 327 g/mol. The zero-order valence-corrected chi connectivity index (χ0v) is 12.7. The van der Waals surface area contributed by atoms with Crippen LogP contribution in [0, 0.1) is 0 Å². The van der Waals surface area contributed by atoms with E-state index in [-0.39, 0.29) is 0 Å². The lowest BCUT2D eigenvalue weighted by atomic mass is 10.1. The lowest BCUT2D eigenvalue weighted by Gasteiger charge is -2.03. The molecule has 3 nitrogen and oxygen atoms in total. The number of anilines is 1. The highest BCUT2D eigenvalue weighted by atomic mass is 79.9. The van der Waals surface area contributed by atoms with Crippen molar-refractivity contribution < 1.29 is 0 Å². The summed E-state index contributed by atoms with van der Waals surface area (Å²) in [6.45, 7) is 2.12. The molecule has 0 aliphatic heterocycles. The Hall–Kier alpha value is -1.00. The Bertz CT molecular complexity index is 578. The number of aryl methyl sites for hydroxylation is 1. The van der Waals surface area contributed by atoms with Gasteiger partial charge in [-0.1, -0.05) is 40.5 Å². The molecule has 0 atom stereocenters. The second-order valence-electron chi connectivity index (χ2n) is 4.20. The van der Waals surface area contributed by atoms with E-state index >= 15 is 0 Å². The molecule has 96 valence electrons. The molecule has 0 amide bonds. The summed E-state index contributed by atoms with van der Waals surface area (Å²) in [6, 6.07) is 5.72. The number of hydrogen-bond acceptors (Lipinski definition) is 2. The lowest BCUT2D eigenvalue weighted by Crippen LogP contribution is -2.01. The van der Waals surface area contributed by atoms with Crippen molar-refractivity contribution in [2.24, 2.45) is 7.05 Å². The fraction of sp³-hybridized carbons (Fsp3) is 0.308. The number of halogens is 2. The second kappa shape index (κ2) is 5.33. The summed E-state index contributed by atoms with van der Waals surface area (Å²) < 4.78 is 2.87. The maximum Gasteiger partial charge on any atom is 0.131 e. The Morgan fingerprint density at radius 1 is 1.44 bits per heavy atom. The van der Waals surface area contributed by atoms with Crippen LogP contribution in [0.3, 0.4) is 0 Å². The van der Waals surface area contributed by atoms with E-state index < -0.39 is 0 Å². The maximum absolute atomic E-state index is 6.24. The van der Waals surface area contributed by atoms with Crippen molar-refractivity contribution >= 4 is 33.3 Å². The van der Waals surface area contributed by atoms with Crippen molar-refractivity contribution in [2.75, 3.05) is 5.73 Å². The van der Waals surface area contributed by atoms with Crippen molar-refractivity contribution in [1.29, 1.82) is 0 Å². The van der Waals surface area contributed by atoms with Gasteiger partial charge < -0.3 is 10.3 Å². The SMILES string of the molecule is CCCc1nc(-c2ccc(Br)cc2Cl)c(N)n1C. The molecule has 0 radical (unpaired) electrons. The highest BCUT2D eigenvalue weighted by Gasteiger charge is 2.15. The van der Waals surface area contributed by atoms with Gasteiger partial charge in [-0.2, -0.15) is 0 Å². The molecular formula is C13H15BrClN3. The van der Waals surface area contributed by atoms with E-state index in [1.54, 1.807) is 0 Å². The predicted octanol–water partition coefficient (Wildman–Crippen LogP) is 4.04. The van der Waals surface area contributed by atoms with E-state index in [1.165, 1.54) is 0 Å². The number of imidazole rings is 1. The van der Waals surface area contributed by atoms with Crippen LogP contribution >= 0.6 is 27.5 Å². The molecule has 0 aliphatic carbocycles. The summed E-state index contributed by atoms with van der Waals surface area (Å²) in [6.07, 6.45) is 1.95. The van der Waals surface area contributed by atoms with Crippen molar-refractivity contribution in [3.8, 4) is 11.3 Å². The van der Waals surface area contributed by atoms with Gasteiger partial charge in [-0.3, -0.25) is 0 Å². The standard InChI is InChI=1S/C13H15BrClN3/c1-3-4-11-17-12(13(16)18(11)2)9-6-5-8(14)7-10(9)15/h5-7H,3-4,16H2,1-2H3. The molecule has 0 spiro atoms. The average Bonchev–Trinajstić information content (AvgIpc) is 2.58. The van der Waals surface area contributed by atoms with Crippen molar-refractivity contribution in [1.82, 2.24) is 9.55 Å². The van der Waals surface area contributed by atoms with Gasteiger partial charge in [0.05, 0.1) is 5.02 Å². The molecule has 2 N–H and O–H groups in total. The quantitative estimate of drug-likeness (QED) is 0.924. The van der Waals surface area contributed by atoms with Gasteiger partial charge in [0, 0.05) is 23.5 Å². The highest BCUT2D eigenvalue weighted by molar-refractivity contribution is 9.10. The van der Waals surface area contributed by atoms with Gasteiger partial charge in [0.1, 0.15) is 17.3 Å². The minimum atomic E-state index is 0.650. The number of hydrogen-bond donors (Lipinski definition) is 1. The van der Waals surface area contributed by atoms with Gasteiger partial charge in [-0.05, 0) is 18.6 Å². The first-order valence-corrected chi connectivity index (χ1v) is 6.98. The van der Waals surface area contributed by atoms with Crippen LogP contribution in [0.15, 0.2) is 22.7 Å². The molecule has 0 aliphatic rings. The first-order chi connectivity index (χ1) is 8.54. The number of rotatable bonds is 3. The molecule has 1 aromatic heterocycles. The zero-order valence-electron chi connectivity index (χ0n) is 10.4. The van der Waals surface area contributed by atoms with Gasteiger partial charge >= 0.3 is 0 Å². The fourth-order valence-electron chi connectivity index (χ4n) is 1.89. The maximum atomic E-state index is 6.24. The van der Waals surface area contributed by atoms with Gasteiger partial charge in [0.2, 0.25) is 0 Å². The Kier molecular flexibility index (Phi) is 3.97. The summed E-state index contributed by atoms with van der Waals surface area (Å²) >= 11 is 9.63. The van der Waals surface area contributed by atoms with Crippen molar-refractivity contribution in [2.45, 2.75) is 19.8 Å². The Morgan fingerprint density at radius 3 is 2.78 bits per heavy atom. The third-order valence-electron chi connectivity index (χ3n) is 2.89. The molecule has 0 bridgehead atoms. The summed E-state index contributed by atoms with van der Waals surface area (Å²) in [5.74, 6) is 1.65. The van der Waals surface area contributed by atoms with E-state index in [2.05, 4.69) is 27.8 Å². The van der Waals surface area contributed by atoms with Gasteiger partial charge in [-0.25, -0.2) is 4.98 Å². The number of nitrogen functional groups attached to an aromatic ring is 1. The average molecular weight is 329 g/mol. The van der Waals surface area contributed by atoms with E-state index in [0.717, 1.165) is 34.4 Å². The molecule has 2 rings (SSSR count). The molecule has 1 heterocycles. The molecular weight excluding hydrogens is 314 g/mol. The number of nitrogens with two attached hydrogens (primary N) is 1. The van der Waals surface area contributed by atoms with Crippen LogP contribution in [-0.4, -0.2) is 9.55 Å². The van der Waals surface area contributed by atoms with Crippen LogP contribution in [0.1, 0.15) is 19.2 Å². The highest BCUT2D eigenvalue weighted by Crippen LogP contribution is 2.33. The molecule has 1 aromatic carbocycles. The minimum absolute atomic E-state index is 0.650. The van der Waals surface area contributed by atoms with Crippen molar-refractivity contribution in [3.63, 3.8) is 0 Å². The van der Waals surface area contributed by atoms with Gasteiger partial charge in [0.15, 0.2) is 0 Å². The third kappa shape index (κ3) is 2.40. The first kappa shape index (κ1) is 13.4. The molecule has 0 saturated heterocycles. The van der Waals surface area contributed by atoms with E-state index in [9.17, 15) is 0 Å². The molecule has 5 heteroatoms. The normalized spacial score (nSPS) is 10.9. The smallest absolute Gasteiger partial charge is 0.131 e. The molecule has 2 aromatic rings. The summed E-state index contributed by atoms with van der Waals surface area (Å²) in [5, 5.41) is 0.650. The van der Waals surface area contributed by atoms with Crippen LogP contribution in [0.4, 0.5) is 5.82 Å². The zero-order chi connectivity index (χ0) is 13.3. The van der Waals surface area contributed by atoms with Crippen LogP contribution in [0.25, 0.3) is 11.3 Å². The second-order valence-corrected chi connectivity index (χ2v) is 5.52. The van der Waals surface area contributed by atoms with E-state index in [1.807, 2.05) is 29.8 Å². The van der Waals surface area contributed by atoms with Gasteiger partial charge in [0.25, 0.3) is 0 Å². The van der Waals surface area contributed by atoms with Crippen LogP contribution in [0.5, 0.6) is 0 Å².